The number of rotatable bonds is 3. The van der Waals surface area contributed by atoms with Crippen molar-refractivity contribution in [2.24, 2.45) is 0 Å². The number of thiocarbonyl (C=S) groups is 1. The average molecular weight is 390 g/mol. The van der Waals surface area contributed by atoms with Gasteiger partial charge in [0.1, 0.15) is 5.75 Å². The lowest BCUT2D eigenvalue weighted by Crippen LogP contribution is -2.34. The Morgan fingerprint density at radius 1 is 1.13 bits per heavy atom. The van der Waals surface area contributed by atoms with Crippen LogP contribution in [0.5, 0.6) is 5.75 Å². The van der Waals surface area contributed by atoms with Crippen LogP contribution in [-0.2, 0) is 0 Å². The van der Waals surface area contributed by atoms with E-state index >= 15 is 0 Å². The maximum atomic E-state index is 12.2. The van der Waals surface area contributed by atoms with Crippen LogP contribution in [0.4, 0.5) is 5.69 Å². The summed E-state index contributed by atoms with van der Waals surface area (Å²) in [5, 5.41) is 6.47. The van der Waals surface area contributed by atoms with Crippen molar-refractivity contribution < 1.29 is 9.53 Å². The van der Waals surface area contributed by atoms with E-state index in [-0.39, 0.29) is 5.11 Å². The maximum Gasteiger partial charge on any atom is 0.257 e. The van der Waals surface area contributed by atoms with E-state index in [1.807, 2.05) is 0 Å². The molecule has 0 heterocycles. The molecule has 8 heteroatoms. The summed E-state index contributed by atoms with van der Waals surface area (Å²) in [5.41, 5.74) is 0.842. The highest BCUT2D eigenvalue weighted by atomic mass is 35.5. The smallest absolute Gasteiger partial charge is 0.257 e. The van der Waals surface area contributed by atoms with E-state index in [2.05, 4.69) is 10.6 Å². The molecule has 2 aromatic carbocycles. The highest BCUT2D eigenvalue weighted by molar-refractivity contribution is 7.80. The molecule has 0 radical (unpaired) electrons. The van der Waals surface area contributed by atoms with E-state index in [0.717, 1.165) is 0 Å². The lowest BCUT2D eigenvalue weighted by Gasteiger charge is -2.12. The molecular weight excluding hydrogens is 379 g/mol. The molecule has 0 aliphatic carbocycles. The Morgan fingerprint density at radius 3 is 2.52 bits per heavy atom. The molecular formula is C15H11Cl3N2O2S. The lowest BCUT2D eigenvalue weighted by molar-refractivity contribution is 0.0977. The summed E-state index contributed by atoms with van der Waals surface area (Å²) in [6, 6.07) is 9.72. The molecule has 23 heavy (non-hydrogen) atoms. The van der Waals surface area contributed by atoms with Crippen LogP contribution < -0.4 is 15.4 Å². The maximum absolute atomic E-state index is 12.2. The predicted molar refractivity (Wildman–Crippen MR) is 98.2 cm³/mol. The summed E-state index contributed by atoms with van der Waals surface area (Å²) < 4.78 is 5.04. The second kappa shape index (κ2) is 7.84. The van der Waals surface area contributed by atoms with Crippen LogP contribution in [0.1, 0.15) is 10.4 Å². The van der Waals surface area contributed by atoms with Gasteiger partial charge in [-0.05, 0) is 42.5 Å². The molecule has 0 atom stereocenters. The van der Waals surface area contributed by atoms with Crippen molar-refractivity contribution in [2.45, 2.75) is 0 Å². The largest absolute Gasteiger partial charge is 0.495 e. The number of hydrogen-bond donors (Lipinski definition) is 2. The van der Waals surface area contributed by atoms with Crippen LogP contribution in [0.2, 0.25) is 15.1 Å². The first-order valence-electron chi connectivity index (χ1n) is 6.32. The van der Waals surface area contributed by atoms with Gasteiger partial charge >= 0.3 is 0 Å². The molecule has 2 aromatic rings. The average Bonchev–Trinajstić information content (AvgIpc) is 2.51. The minimum atomic E-state index is -0.412. The highest BCUT2D eigenvalue weighted by Gasteiger charge is 2.12. The monoisotopic (exact) mass is 388 g/mol. The summed E-state index contributed by atoms with van der Waals surface area (Å²) in [5.74, 6) is 0.0693. The molecule has 120 valence electrons. The second-order valence-electron chi connectivity index (χ2n) is 4.36. The number of carbonyl (C=O) groups excluding carboxylic acids is 1. The number of benzene rings is 2. The van der Waals surface area contributed by atoms with Gasteiger partial charge in [-0.2, -0.15) is 0 Å². The molecule has 0 saturated heterocycles. The minimum absolute atomic E-state index is 0.0890. The molecule has 4 nitrogen and oxygen atoms in total. The third-order valence-corrected chi connectivity index (χ3v) is 4.16. The molecule has 0 unspecified atom stereocenters. The first-order chi connectivity index (χ1) is 10.9. The number of anilines is 1. The van der Waals surface area contributed by atoms with Gasteiger partial charge in [0.15, 0.2) is 5.11 Å². The van der Waals surface area contributed by atoms with Gasteiger partial charge in [-0.25, -0.2) is 0 Å². The number of methoxy groups -OCH3 is 1. The Balaban J connectivity index is 2.06. The fourth-order valence-electron chi connectivity index (χ4n) is 1.74. The predicted octanol–water partition coefficient (Wildman–Crippen LogP) is 4.78. The number of amides is 1. The summed E-state index contributed by atoms with van der Waals surface area (Å²) >= 11 is 23.0. The third kappa shape index (κ3) is 4.48. The second-order valence-corrected chi connectivity index (χ2v) is 5.96. The normalized spacial score (nSPS) is 10.1. The lowest BCUT2D eigenvalue weighted by atomic mass is 10.2. The van der Waals surface area contributed by atoms with Gasteiger partial charge in [-0.1, -0.05) is 40.9 Å². The standard InChI is InChI=1S/C15H11Cl3N2O2S/c1-22-12-6-5-8(7-10(12)17)14(21)20-15(23)19-11-4-2-3-9(16)13(11)18/h2-7H,1H3,(H2,19,20,21,23). The van der Waals surface area contributed by atoms with Crippen LogP contribution in [0.25, 0.3) is 0 Å². The molecule has 0 saturated carbocycles. The van der Waals surface area contributed by atoms with Crippen molar-refractivity contribution >= 4 is 63.7 Å². The van der Waals surface area contributed by atoms with E-state index in [0.29, 0.717) is 32.1 Å². The van der Waals surface area contributed by atoms with Crippen LogP contribution in [0.15, 0.2) is 36.4 Å². The Hall–Kier alpha value is -1.53. The van der Waals surface area contributed by atoms with Gasteiger partial charge in [0, 0.05) is 5.56 Å². The van der Waals surface area contributed by atoms with Gasteiger partial charge in [0.2, 0.25) is 0 Å². The molecule has 2 N–H and O–H groups in total. The van der Waals surface area contributed by atoms with Crippen molar-refractivity contribution in [1.29, 1.82) is 0 Å². The van der Waals surface area contributed by atoms with Crippen molar-refractivity contribution in [1.82, 2.24) is 5.32 Å². The first-order valence-corrected chi connectivity index (χ1v) is 7.86. The summed E-state index contributed by atoms with van der Waals surface area (Å²) in [4.78, 5) is 12.2. The molecule has 0 aliphatic rings. The number of hydrogen-bond acceptors (Lipinski definition) is 3. The Morgan fingerprint density at radius 2 is 1.87 bits per heavy atom. The fraction of sp³-hybridized carbons (Fsp3) is 0.0667. The van der Waals surface area contributed by atoms with Crippen LogP contribution in [0, 0.1) is 0 Å². The van der Waals surface area contributed by atoms with Crippen molar-refractivity contribution in [2.75, 3.05) is 12.4 Å². The molecule has 0 spiro atoms. The van der Waals surface area contributed by atoms with Crippen molar-refractivity contribution in [3.8, 4) is 5.75 Å². The first kappa shape index (κ1) is 17.8. The molecule has 2 rings (SSSR count). The quantitative estimate of drug-likeness (QED) is 0.742. The zero-order valence-electron chi connectivity index (χ0n) is 11.8. The molecule has 0 aliphatic heterocycles. The number of carbonyl (C=O) groups is 1. The molecule has 0 aromatic heterocycles. The van der Waals surface area contributed by atoms with Gasteiger partial charge < -0.3 is 10.1 Å². The van der Waals surface area contributed by atoms with E-state index in [1.54, 1.807) is 30.3 Å². The zero-order chi connectivity index (χ0) is 17.0. The van der Waals surface area contributed by atoms with Gasteiger partial charge in [-0.3, -0.25) is 10.1 Å². The summed E-state index contributed by atoms with van der Waals surface area (Å²) in [7, 11) is 1.49. The molecule has 1 amide bonds. The SMILES string of the molecule is COc1ccc(C(=O)NC(=S)Nc2cccc(Cl)c2Cl)cc1Cl. The van der Waals surface area contributed by atoms with Crippen molar-refractivity contribution in [3.63, 3.8) is 0 Å². The van der Waals surface area contributed by atoms with Crippen molar-refractivity contribution in [3.05, 3.63) is 57.0 Å². The molecule has 0 fully saturated rings. The third-order valence-electron chi connectivity index (χ3n) is 2.84. The van der Waals surface area contributed by atoms with Crippen LogP contribution >= 0.6 is 47.0 Å². The Bertz CT molecular complexity index is 768. The van der Waals surface area contributed by atoms with Gasteiger partial charge in [-0.15, -0.1) is 0 Å². The number of ether oxygens (including phenoxy) is 1. The van der Waals surface area contributed by atoms with E-state index in [4.69, 9.17) is 51.8 Å². The topological polar surface area (TPSA) is 50.4 Å². The Kier molecular flexibility index (Phi) is 6.07. The number of nitrogens with one attached hydrogen (secondary N) is 2. The fourth-order valence-corrected chi connectivity index (χ4v) is 2.54. The van der Waals surface area contributed by atoms with Gasteiger partial charge in [0.25, 0.3) is 5.91 Å². The van der Waals surface area contributed by atoms with Crippen LogP contribution in [-0.4, -0.2) is 18.1 Å². The summed E-state index contributed by atoms with van der Waals surface area (Å²) in [6.07, 6.45) is 0. The molecule has 0 bridgehead atoms. The van der Waals surface area contributed by atoms with E-state index < -0.39 is 5.91 Å². The zero-order valence-corrected chi connectivity index (χ0v) is 14.9. The Labute approximate surface area is 153 Å². The number of halogens is 3. The van der Waals surface area contributed by atoms with Crippen LogP contribution in [0.3, 0.4) is 0 Å². The summed E-state index contributed by atoms with van der Waals surface area (Å²) in [6.45, 7) is 0. The van der Waals surface area contributed by atoms with E-state index in [1.165, 1.54) is 13.2 Å². The minimum Gasteiger partial charge on any atom is -0.495 e. The highest BCUT2D eigenvalue weighted by Crippen LogP contribution is 2.29. The van der Waals surface area contributed by atoms with Gasteiger partial charge in [0.05, 0.1) is 27.9 Å². The van der Waals surface area contributed by atoms with E-state index in [9.17, 15) is 4.79 Å².